The van der Waals surface area contributed by atoms with Crippen LogP contribution in [0.4, 0.5) is 4.79 Å². The molecule has 1 aromatic rings. The van der Waals surface area contributed by atoms with E-state index in [2.05, 4.69) is 11.9 Å². The van der Waals surface area contributed by atoms with Crippen LogP contribution in [0.2, 0.25) is 0 Å². The molecule has 5 heteroatoms. The van der Waals surface area contributed by atoms with Crippen molar-refractivity contribution in [2.75, 3.05) is 6.54 Å². The zero-order valence-corrected chi connectivity index (χ0v) is 11.6. The number of hydrogen-bond donors (Lipinski definition) is 1. The molecule has 3 amide bonds. The number of amides is 3. The first kappa shape index (κ1) is 13.6. The summed E-state index contributed by atoms with van der Waals surface area (Å²) in [4.78, 5) is 25.4. The number of urea groups is 1. The molecule has 1 saturated heterocycles. The summed E-state index contributed by atoms with van der Waals surface area (Å²) in [5, 5.41) is 2.96. The lowest BCUT2D eigenvalue weighted by Crippen LogP contribution is -2.41. The maximum atomic E-state index is 12.4. The Hall–Kier alpha value is -1.81. The molecule has 0 saturated carbocycles. The highest BCUT2D eigenvalue weighted by Crippen LogP contribution is 2.29. The maximum absolute atomic E-state index is 12.4. The van der Waals surface area contributed by atoms with Gasteiger partial charge < -0.3 is 5.32 Å². The summed E-state index contributed by atoms with van der Waals surface area (Å²) in [6, 6.07) is 7.04. The van der Waals surface area contributed by atoms with Gasteiger partial charge in [-0.1, -0.05) is 48.0 Å². The van der Waals surface area contributed by atoms with E-state index >= 15 is 0 Å². The third kappa shape index (κ3) is 2.36. The van der Waals surface area contributed by atoms with Crippen LogP contribution < -0.4 is 5.32 Å². The van der Waals surface area contributed by atoms with E-state index in [0.29, 0.717) is 0 Å². The van der Waals surface area contributed by atoms with Crippen molar-refractivity contribution in [3.8, 4) is 0 Å². The van der Waals surface area contributed by atoms with Gasteiger partial charge >= 0.3 is 6.03 Å². The first-order chi connectivity index (χ1) is 8.84. The Morgan fingerprint density at radius 2 is 1.95 bits per heavy atom. The first-order valence-corrected chi connectivity index (χ1v) is 6.27. The van der Waals surface area contributed by atoms with Crippen LogP contribution in [-0.2, 0) is 10.3 Å². The molecule has 100 valence electrons. The number of benzene rings is 1. The molecule has 1 heterocycles. The van der Waals surface area contributed by atoms with Crippen molar-refractivity contribution in [2.24, 2.45) is 0 Å². The SMILES string of the molecule is C=C(Cl)CN1C(=O)NC(C)(c2ccc(C)cc2)C1=O. The number of nitrogens with zero attached hydrogens (tertiary/aromatic N) is 1. The summed E-state index contributed by atoms with van der Waals surface area (Å²) >= 11 is 5.68. The highest BCUT2D eigenvalue weighted by Gasteiger charge is 2.48. The van der Waals surface area contributed by atoms with Gasteiger partial charge in [-0.3, -0.25) is 9.69 Å². The van der Waals surface area contributed by atoms with Crippen LogP contribution >= 0.6 is 11.6 Å². The molecule has 0 radical (unpaired) electrons. The fourth-order valence-electron chi connectivity index (χ4n) is 2.09. The van der Waals surface area contributed by atoms with Gasteiger partial charge in [-0.25, -0.2) is 4.79 Å². The molecule has 0 bridgehead atoms. The average molecular weight is 279 g/mol. The fourth-order valence-corrected chi connectivity index (χ4v) is 2.21. The van der Waals surface area contributed by atoms with E-state index in [4.69, 9.17) is 11.6 Å². The minimum atomic E-state index is -1.04. The summed E-state index contributed by atoms with van der Waals surface area (Å²) in [6.07, 6.45) is 0. The van der Waals surface area contributed by atoms with Crippen LogP contribution in [0.15, 0.2) is 35.9 Å². The minimum Gasteiger partial charge on any atom is -0.319 e. The van der Waals surface area contributed by atoms with E-state index in [-0.39, 0.29) is 17.5 Å². The van der Waals surface area contributed by atoms with Gasteiger partial charge in [0.05, 0.1) is 6.54 Å². The molecule has 1 aliphatic heterocycles. The molecule has 19 heavy (non-hydrogen) atoms. The second kappa shape index (κ2) is 4.70. The van der Waals surface area contributed by atoms with Gasteiger partial charge in [-0.05, 0) is 19.4 Å². The van der Waals surface area contributed by atoms with Crippen molar-refractivity contribution < 1.29 is 9.59 Å². The summed E-state index contributed by atoms with van der Waals surface area (Å²) < 4.78 is 0. The predicted molar refractivity (Wildman–Crippen MR) is 73.8 cm³/mol. The molecule has 0 aliphatic carbocycles. The molecular weight excluding hydrogens is 264 g/mol. The second-order valence-electron chi connectivity index (χ2n) is 4.83. The number of imide groups is 1. The Kier molecular flexibility index (Phi) is 3.37. The summed E-state index contributed by atoms with van der Waals surface area (Å²) in [6.45, 7) is 7.19. The van der Waals surface area contributed by atoms with Crippen LogP contribution in [0.5, 0.6) is 0 Å². The van der Waals surface area contributed by atoms with Crippen molar-refractivity contribution in [1.29, 1.82) is 0 Å². The molecule has 1 atom stereocenters. The number of carbonyl (C=O) groups is 2. The van der Waals surface area contributed by atoms with E-state index in [0.717, 1.165) is 16.0 Å². The molecule has 1 aromatic carbocycles. The third-order valence-corrected chi connectivity index (χ3v) is 3.35. The standard InChI is InChI=1S/C14H15ClN2O2/c1-9-4-6-11(7-5-9)14(3)12(18)17(8-10(2)15)13(19)16-14/h4-7H,2,8H2,1,3H3,(H,16,19). The third-order valence-electron chi connectivity index (χ3n) is 3.23. The molecule has 0 spiro atoms. The molecular formula is C14H15ClN2O2. The molecule has 4 nitrogen and oxygen atoms in total. The average Bonchev–Trinajstić information content (AvgIpc) is 2.54. The highest BCUT2D eigenvalue weighted by molar-refractivity contribution is 6.30. The van der Waals surface area contributed by atoms with Gasteiger partial charge in [-0.2, -0.15) is 0 Å². The Bertz CT molecular complexity index is 553. The number of nitrogens with one attached hydrogen (secondary N) is 1. The summed E-state index contributed by atoms with van der Waals surface area (Å²) in [7, 11) is 0. The van der Waals surface area contributed by atoms with Crippen LogP contribution in [0.25, 0.3) is 0 Å². The smallest absolute Gasteiger partial charge is 0.319 e. The van der Waals surface area contributed by atoms with Gasteiger partial charge in [0.1, 0.15) is 5.54 Å². The maximum Gasteiger partial charge on any atom is 0.325 e. The van der Waals surface area contributed by atoms with Crippen LogP contribution in [0.1, 0.15) is 18.1 Å². The number of halogens is 1. The molecule has 1 aliphatic rings. The normalized spacial score (nSPS) is 22.6. The Morgan fingerprint density at radius 3 is 2.47 bits per heavy atom. The molecule has 0 aromatic heterocycles. The monoisotopic (exact) mass is 278 g/mol. The minimum absolute atomic E-state index is 0.0215. The molecule has 1 N–H and O–H groups in total. The van der Waals surface area contributed by atoms with Crippen LogP contribution in [-0.4, -0.2) is 23.4 Å². The lowest BCUT2D eigenvalue weighted by Gasteiger charge is -2.22. The van der Waals surface area contributed by atoms with E-state index in [1.165, 1.54) is 0 Å². The predicted octanol–water partition coefficient (Wildman–Crippen LogP) is 2.51. The van der Waals surface area contributed by atoms with Gasteiger partial charge in [0.2, 0.25) is 0 Å². The highest BCUT2D eigenvalue weighted by atomic mass is 35.5. The lowest BCUT2D eigenvalue weighted by molar-refractivity contribution is -0.130. The Balaban J connectivity index is 2.35. The second-order valence-corrected chi connectivity index (χ2v) is 5.36. The van der Waals surface area contributed by atoms with Gasteiger partial charge in [0, 0.05) is 5.03 Å². The van der Waals surface area contributed by atoms with Gasteiger partial charge in [-0.15, -0.1) is 0 Å². The number of carbonyl (C=O) groups excluding carboxylic acids is 2. The topological polar surface area (TPSA) is 49.4 Å². The van der Waals surface area contributed by atoms with Crippen molar-refractivity contribution in [3.05, 3.63) is 47.0 Å². The zero-order chi connectivity index (χ0) is 14.2. The van der Waals surface area contributed by atoms with Crippen molar-refractivity contribution in [3.63, 3.8) is 0 Å². The van der Waals surface area contributed by atoms with Crippen LogP contribution in [0, 0.1) is 6.92 Å². The van der Waals surface area contributed by atoms with Crippen molar-refractivity contribution in [1.82, 2.24) is 10.2 Å². The number of aryl methyl sites for hydroxylation is 1. The zero-order valence-electron chi connectivity index (χ0n) is 10.9. The quantitative estimate of drug-likeness (QED) is 0.864. The summed E-state index contributed by atoms with van der Waals surface area (Å²) in [5.41, 5.74) is 0.797. The number of rotatable bonds is 3. The van der Waals surface area contributed by atoms with Crippen LogP contribution in [0.3, 0.4) is 0 Å². The van der Waals surface area contributed by atoms with E-state index in [1.54, 1.807) is 6.92 Å². The largest absolute Gasteiger partial charge is 0.325 e. The molecule has 2 rings (SSSR count). The Labute approximate surface area is 117 Å². The van der Waals surface area contributed by atoms with E-state index in [9.17, 15) is 9.59 Å². The lowest BCUT2D eigenvalue weighted by atomic mass is 9.91. The first-order valence-electron chi connectivity index (χ1n) is 5.89. The van der Waals surface area contributed by atoms with E-state index in [1.807, 2.05) is 31.2 Å². The number of hydrogen-bond acceptors (Lipinski definition) is 2. The Morgan fingerprint density at radius 1 is 1.37 bits per heavy atom. The fraction of sp³-hybridized carbons (Fsp3) is 0.286. The van der Waals surface area contributed by atoms with Gasteiger partial charge in [0.15, 0.2) is 0 Å². The van der Waals surface area contributed by atoms with Crippen molar-refractivity contribution in [2.45, 2.75) is 19.4 Å². The molecule has 1 fully saturated rings. The van der Waals surface area contributed by atoms with E-state index < -0.39 is 11.6 Å². The van der Waals surface area contributed by atoms with Gasteiger partial charge in [0.25, 0.3) is 5.91 Å². The summed E-state index contributed by atoms with van der Waals surface area (Å²) in [5.74, 6) is -0.317. The van der Waals surface area contributed by atoms with Crippen molar-refractivity contribution >= 4 is 23.5 Å². The molecule has 1 unspecified atom stereocenters.